The lowest BCUT2D eigenvalue weighted by Crippen LogP contribution is -2.45. The van der Waals surface area contributed by atoms with E-state index in [1.54, 1.807) is 6.08 Å². The molecule has 0 fully saturated rings. The van der Waals surface area contributed by atoms with E-state index in [9.17, 15) is 15.0 Å². The van der Waals surface area contributed by atoms with Crippen molar-refractivity contribution < 1.29 is 15.0 Å². The monoisotopic (exact) mass is 850 g/mol. The number of carbonyl (C=O) groups is 1. The molecule has 0 saturated carbocycles. The molecule has 0 rings (SSSR count). The summed E-state index contributed by atoms with van der Waals surface area (Å²) in [6, 6.07) is -0.657. The van der Waals surface area contributed by atoms with Crippen LogP contribution in [0.2, 0.25) is 0 Å². The molecule has 2 atom stereocenters. The highest BCUT2D eigenvalue weighted by atomic mass is 16.3. The summed E-state index contributed by atoms with van der Waals surface area (Å²) in [7, 11) is 0. The van der Waals surface area contributed by atoms with Crippen LogP contribution in [0.1, 0.15) is 264 Å². The van der Waals surface area contributed by atoms with Gasteiger partial charge in [-0.2, -0.15) is 0 Å². The van der Waals surface area contributed by atoms with Gasteiger partial charge in [-0.25, -0.2) is 0 Å². The van der Waals surface area contributed by atoms with Crippen LogP contribution >= 0.6 is 0 Å². The Kier molecular flexibility index (Phi) is 50.3. The van der Waals surface area contributed by atoms with E-state index in [-0.39, 0.29) is 12.5 Å². The molecule has 0 aromatic carbocycles. The fourth-order valence-electron chi connectivity index (χ4n) is 7.81. The van der Waals surface area contributed by atoms with E-state index in [4.69, 9.17) is 0 Å². The van der Waals surface area contributed by atoms with Gasteiger partial charge in [-0.05, 0) is 83.5 Å². The van der Waals surface area contributed by atoms with Crippen LogP contribution < -0.4 is 5.32 Å². The lowest BCUT2D eigenvalue weighted by atomic mass is 10.0. The number of amides is 1. The van der Waals surface area contributed by atoms with Crippen LogP contribution in [0, 0.1) is 0 Å². The van der Waals surface area contributed by atoms with Crippen molar-refractivity contribution >= 4 is 5.91 Å². The van der Waals surface area contributed by atoms with Crippen LogP contribution in [0.5, 0.6) is 0 Å². The van der Waals surface area contributed by atoms with E-state index in [0.717, 1.165) is 64.2 Å². The fourth-order valence-corrected chi connectivity index (χ4v) is 7.81. The van der Waals surface area contributed by atoms with Gasteiger partial charge in [0.15, 0.2) is 0 Å². The number of unbranched alkanes of at least 4 members (excludes halogenated alkanes) is 31. The van der Waals surface area contributed by atoms with Gasteiger partial charge in [0, 0.05) is 6.42 Å². The van der Waals surface area contributed by atoms with Crippen LogP contribution in [0.4, 0.5) is 0 Å². The summed E-state index contributed by atoms with van der Waals surface area (Å²) in [5, 5.41) is 23.1. The maximum absolute atomic E-state index is 12.4. The largest absolute Gasteiger partial charge is 0.394 e. The van der Waals surface area contributed by atoms with Crippen LogP contribution in [-0.2, 0) is 4.79 Å². The molecule has 354 valence electrons. The summed E-state index contributed by atoms with van der Waals surface area (Å²) < 4.78 is 0. The molecule has 0 aromatic heterocycles. The first-order valence-electron chi connectivity index (χ1n) is 26.7. The quantitative estimate of drug-likeness (QED) is 0.0422. The molecular formula is C57H103NO3. The van der Waals surface area contributed by atoms with Gasteiger partial charge < -0.3 is 15.5 Å². The lowest BCUT2D eigenvalue weighted by molar-refractivity contribution is -0.123. The maximum Gasteiger partial charge on any atom is 0.220 e. The SMILES string of the molecule is CCCCCCC/C=C\C/C=C\C/C=C\CCCCCCCCC(=O)NC(CO)C(O)/C=C/CC/C=C/CC/C=C/CCCCCCCCCCCCCCCCCCCC. The molecule has 4 heteroatoms. The number of aliphatic hydroxyl groups is 2. The number of allylic oxidation sites excluding steroid dienone is 11. The number of hydrogen-bond donors (Lipinski definition) is 3. The van der Waals surface area contributed by atoms with Crippen molar-refractivity contribution in [2.75, 3.05) is 6.61 Å². The van der Waals surface area contributed by atoms with E-state index >= 15 is 0 Å². The third-order valence-electron chi connectivity index (χ3n) is 11.9. The molecule has 4 nitrogen and oxygen atoms in total. The summed E-state index contributed by atoms with van der Waals surface area (Å²) in [5.74, 6) is -0.0908. The Hall–Kier alpha value is -2.17. The molecule has 0 aliphatic heterocycles. The highest BCUT2D eigenvalue weighted by Gasteiger charge is 2.17. The molecule has 0 aliphatic rings. The molecule has 0 aliphatic carbocycles. The van der Waals surface area contributed by atoms with Crippen molar-refractivity contribution in [2.45, 2.75) is 276 Å². The first kappa shape index (κ1) is 58.8. The summed E-state index contributed by atoms with van der Waals surface area (Å²) in [6.45, 7) is 4.29. The number of carbonyl (C=O) groups excluding carboxylic acids is 1. The van der Waals surface area contributed by atoms with Crippen LogP contribution in [0.25, 0.3) is 0 Å². The smallest absolute Gasteiger partial charge is 0.220 e. The van der Waals surface area contributed by atoms with E-state index in [1.165, 1.54) is 180 Å². The highest BCUT2D eigenvalue weighted by molar-refractivity contribution is 5.76. The van der Waals surface area contributed by atoms with E-state index < -0.39 is 12.1 Å². The van der Waals surface area contributed by atoms with Crippen molar-refractivity contribution in [3.63, 3.8) is 0 Å². The van der Waals surface area contributed by atoms with Crippen LogP contribution in [-0.4, -0.2) is 34.9 Å². The second kappa shape index (κ2) is 52.2. The molecule has 1 amide bonds. The highest BCUT2D eigenvalue weighted by Crippen LogP contribution is 2.15. The van der Waals surface area contributed by atoms with Crippen molar-refractivity contribution in [3.05, 3.63) is 72.9 Å². The van der Waals surface area contributed by atoms with E-state index in [1.807, 2.05) is 6.08 Å². The molecule has 3 N–H and O–H groups in total. The zero-order valence-corrected chi connectivity index (χ0v) is 40.7. The van der Waals surface area contributed by atoms with Crippen LogP contribution in [0.3, 0.4) is 0 Å². The number of rotatable bonds is 48. The summed E-state index contributed by atoms with van der Waals surface area (Å²) >= 11 is 0. The average molecular weight is 850 g/mol. The Morgan fingerprint density at radius 3 is 1.07 bits per heavy atom. The van der Waals surface area contributed by atoms with Gasteiger partial charge in [0.2, 0.25) is 5.91 Å². The first-order valence-corrected chi connectivity index (χ1v) is 26.7. The molecule has 61 heavy (non-hydrogen) atoms. The van der Waals surface area contributed by atoms with Gasteiger partial charge in [-0.15, -0.1) is 0 Å². The predicted molar refractivity (Wildman–Crippen MR) is 271 cm³/mol. The number of aliphatic hydroxyl groups excluding tert-OH is 2. The summed E-state index contributed by atoms with van der Waals surface area (Å²) in [5.41, 5.74) is 0. The Labute approximate surface area is 380 Å². The van der Waals surface area contributed by atoms with Gasteiger partial charge in [-0.3, -0.25) is 4.79 Å². The molecule has 0 aromatic rings. The van der Waals surface area contributed by atoms with Gasteiger partial charge >= 0.3 is 0 Å². The molecule has 0 radical (unpaired) electrons. The third kappa shape index (κ3) is 48.7. The third-order valence-corrected chi connectivity index (χ3v) is 11.9. The Morgan fingerprint density at radius 2 is 0.689 bits per heavy atom. The van der Waals surface area contributed by atoms with Gasteiger partial charge in [0.1, 0.15) is 0 Å². The minimum Gasteiger partial charge on any atom is -0.394 e. The number of nitrogens with one attached hydrogen (secondary N) is 1. The first-order chi connectivity index (χ1) is 30.2. The average Bonchev–Trinajstić information content (AvgIpc) is 3.26. The van der Waals surface area contributed by atoms with Crippen molar-refractivity contribution in [3.8, 4) is 0 Å². The van der Waals surface area contributed by atoms with Crippen molar-refractivity contribution in [2.24, 2.45) is 0 Å². The molecule has 0 heterocycles. The minimum absolute atomic E-state index is 0.0908. The van der Waals surface area contributed by atoms with Crippen LogP contribution in [0.15, 0.2) is 72.9 Å². The topological polar surface area (TPSA) is 69.6 Å². The zero-order valence-electron chi connectivity index (χ0n) is 40.7. The molecule has 0 saturated heterocycles. The van der Waals surface area contributed by atoms with E-state index in [2.05, 4.69) is 79.9 Å². The second-order valence-corrected chi connectivity index (χ2v) is 17.9. The molecule has 0 spiro atoms. The lowest BCUT2D eigenvalue weighted by Gasteiger charge is -2.19. The number of hydrogen-bond acceptors (Lipinski definition) is 3. The summed E-state index contributed by atoms with van der Waals surface area (Å²) in [4.78, 5) is 12.4. The fraction of sp³-hybridized carbons (Fsp3) is 0.772. The maximum atomic E-state index is 12.4. The summed E-state index contributed by atoms with van der Waals surface area (Å²) in [6.07, 6.45) is 74.8. The standard InChI is InChI=1S/C57H103NO3/c1-3-5-7-9-11-13-15-17-19-21-23-25-26-27-28-29-30-31-33-34-36-38-40-42-44-46-48-50-52-56(60)55(54-59)58-57(61)53-51-49-47-45-43-41-39-37-35-32-24-22-20-18-16-14-12-10-8-6-4-2/h16,18,22,24,34-37,42,44,50,52,55-56,59-60H,3-15,17,19-21,23,25-33,38-41,43,45-49,51,53-54H2,1-2H3,(H,58,61)/b18-16-,24-22-,36-34+,37-35-,44-42+,52-50+. The van der Waals surface area contributed by atoms with Gasteiger partial charge in [0.25, 0.3) is 0 Å². The van der Waals surface area contributed by atoms with Gasteiger partial charge in [-0.1, -0.05) is 247 Å². The Morgan fingerprint density at radius 1 is 0.393 bits per heavy atom. The molecule has 0 bridgehead atoms. The second-order valence-electron chi connectivity index (χ2n) is 17.9. The predicted octanol–water partition coefficient (Wildman–Crippen LogP) is 17.4. The zero-order chi connectivity index (χ0) is 44.2. The normalized spacial score (nSPS) is 13.4. The molecular weight excluding hydrogens is 747 g/mol. The molecule has 2 unspecified atom stereocenters. The van der Waals surface area contributed by atoms with Crippen molar-refractivity contribution in [1.29, 1.82) is 0 Å². The van der Waals surface area contributed by atoms with Gasteiger partial charge in [0.05, 0.1) is 18.8 Å². The van der Waals surface area contributed by atoms with Crippen molar-refractivity contribution in [1.82, 2.24) is 5.32 Å². The Balaban J connectivity index is 3.62. The Bertz CT molecular complexity index is 1050. The van der Waals surface area contributed by atoms with E-state index in [0.29, 0.717) is 6.42 Å². The minimum atomic E-state index is -0.880.